The summed E-state index contributed by atoms with van der Waals surface area (Å²) in [6.45, 7) is 14.7. The molecule has 0 fully saturated rings. The van der Waals surface area contributed by atoms with Gasteiger partial charge in [-0.1, -0.05) is 57.2 Å². The van der Waals surface area contributed by atoms with Crippen LogP contribution >= 0.6 is 0 Å². The maximum atomic E-state index is 11.2. The smallest absolute Gasteiger partial charge is 0.404 e. The fourth-order valence-electron chi connectivity index (χ4n) is 2.09. The Morgan fingerprint density at radius 2 is 1.91 bits per heavy atom. The number of rotatable bonds is 7. The first kappa shape index (κ1) is 19.5. The van der Waals surface area contributed by atoms with E-state index in [0.717, 1.165) is 5.56 Å². The van der Waals surface area contributed by atoms with E-state index in [0.29, 0.717) is 6.42 Å². The second kappa shape index (κ2) is 7.79. The summed E-state index contributed by atoms with van der Waals surface area (Å²) < 4.78 is 6.38. The molecule has 0 bridgehead atoms. The topological polar surface area (TPSA) is 58.6 Å². The normalized spacial score (nSPS) is 14.8. The summed E-state index contributed by atoms with van der Waals surface area (Å²) in [5.74, 6) is 0. The highest BCUT2D eigenvalue weighted by Crippen LogP contribution is 2.37. The number of hydrogen-bond donors (Lipinski definition) is 2. The molecule has 0 radical (unpaired) electrons. The van der Waals surface area contributed by atoms with Gasteiger partial charge in [-0.25, -0.2) is 4.79 Å². The number of nitrogens with one attached hydrogen (secondary N) is 1. The van der Waals surface area contributed by atoms with Crippen LogP contribution in [0.3, 0.4) is 0 Å². The lowest BCUT2D eigenvalue weighted by Gasteiger charge is -2.40. The van der Waals surface area contributed by atoms with Gasteiger partial charge in [-0.3, -0.25) is 0 Å². The van der Waals surface area contributed by atoms with Crippen molar-refractivity contribution in [2.45, 2.75) is 57.5 Å². The van der Waals surface area contributed by atoms with Crippen LogP contribution in [0.5, 0.6) is 0 Å². The summed E-state index contributed by atoms with van der Waals surface area (Å²) >= 11 is 0. The molecule has 4 nitrogen and oxygen atoms in total. The van der Waals surface area contributed by atoms with Crippen LogP contribution in [0.4, 0.5) is 4.79 Å². The van der Waals surface area contributed by atoms with E-state index in [1.54, 1.807) is 6.08 Å². The van der Waals surface area contributed by atoms with Crippen molar-refractivity contribution in [2.75, 3.05) is 0 Å². The molecular formula is C18H29NO3Si. The number of carbonyl (C=O) groups is 1. The van der Waals surface area contributed by atoms with Crippen LogP contribution in [0.25, 0.3) is 0 Å². The van der Waals surface area contributed by atoms with Crippen LogP contribution in [0, 0.1) is 0 Å². The van der Waals surface area contributed by atoms with Gasteiger partial charge in [0.1, 0.15) is 0 Å². The molecule has 1 aromatic rings. The minimum atomic E-state index is -2.02. The standard InChI is InChI=1S/C18H29NO3Si/c1-7-16(22-23(5,6)18(2,3)4)15(19-17(20)21)13-14-11-9-8-10-12-14/h7-12,15-16,19H,1,13H2,2-6H3,(H,20,21)/t15?,16-/m1/s1. The van der Waals surface area contributed by atoms with E-state index in [1.807, 2.05) is 30.3 Å². The highest BCUT2D eigenvalue weighted by atomic mass is 28.4. The Hall–Kier alpha value is -1.59. The van der Waals surface area contributed by atoms with Crippen molar-refractivity contribution in [3.8, 4) is 0 Å². The minimum Gasteiger partial charge on any atom is -0.465 e. The maximum absolute atomic E-state index is 11.2. The van der Waals surface area contributed by atoms with Gasteiger partial charge in [-0.2, -0.15) is 0 Å². The lowest BCUT2D eigenvalue weighted by atomic mass is 10.0. The molecule has 0 aliphatic carbocycles. The summed E-state index contributed by atoms with van der Waals surface area (Å²) in [6.07, 6.45) is 0.881. The van der Waals surface area contributed by atoms with Crippen molar-refractivity contribution in [3.05, 3.63) is 48.6 Å². The molecule has 128 valence electrons. The molecule has 0 aromatic heterocycles. The molecular weight excluding hydrogens is 306 g/mol. The molecule has 1 amide bonds. The zero-order valence-electron chi connectivity index (χ0n) is 14.8. The van der Waals surface area contributed by atoms with Crippen LogP contribution in [-0.2, 0) is 10.8 Å². The van der Waals surface area contributed by atoms with E-state index >= 15 is 0 Å². The minimum absolute atomic E-state index is 0.0504. The fraction of sp³-hybridized carbons (Fsp3) is 0.500. The summed E-state index contributed by atoms with van der Waals surface area (Å²) in [4.78, 5) is 11.2. The Labute approximate surface area is 140 Å². The highest BCUT2D eigenvalue weighted by molar-refractivity contribution is 6.74. The summed E-state index contributed by atoms with van der Waals surface area (Å²) in [6, 6.07) is 9.46. The van der Waals surface area contributed by atoms with Crippen LogP contribution in [-0.4, -0.2) is 31.7 Å². The van der Waals surface area contributed by atoms with Gasteiger partial charge in [0.05, 0.1) is 12.1 Å². The van der Waals surface area contributed by atoms with Crippen molar-refractivity contribution in [1.82, 2.24) is 5.32 Å². The largest absolute Gasteiger partial charge is 0.465 e. The SMILES string of the molecule is C=C[C@@H](O[Si](C)(C)C(C)(C)C)C(Cc1ccccc1)NC(=O)O. The third-order valence-corrected chi connectivity index (χ3v) is 8.95. The lowest BCUT2D eigenvalue weighted by Crippen LogP contribution is -2.51. The van der Waals surface area contributed by atoms with E-state index in [2.05, 4.69) is 45.8 Å². The molecule has 0 heterocycles. The molecule has 0 aliphatic heterocycles. The molecule has 2 N–H and O–H groups in total. The number of benzene rings is 1. The highest BCUT2D eigenvalue weighted by Gasteiger charge is 2.40. The summed E-state index contributed by atoms with van der Waals surface area (Å²) in [5, 5.41) is 11.8. The van der Waals surface area contributed by atoms with Crippen molar-refractivity contribution >= 4 is 14.4 Å². The van der Waals surface area contributed by atoms with Crippen LogP contribution in [0.1, 0.15) is 26.3 Å². The molecule has 0 saturated carbocycles. The third-order valence-electron chi connectivity index (χ3n) is 4.47. The Bertz CT molecular complexity index is 523. The first-order valence-corrected chi connectivity index (χ1v) is 10.8. The van der Waals surface area contributed by atoms with Crippen molar-refractivity contribution < 1.29 is 14.3 Å². The van der Waals surface area contributed by atoms with E-state index < -0.39 is 14.4 Å². The molecule has 2 atom stereocenters. The van der Waals surface area contributed by atoms with Crippen LogP contribution in [0.15, 0.2) is 43.0 Å². The zero-order chi connectivity index (χ0) is 17.7. The van der Waals surface area contributed by atoms with Gasteiger partial charge in [-0.05, 0) is 30.1 Å². The van der Waals surface area contributed by atoms with Gasteiger partial charge in [-0.15, -0.1) is 6.58 Å². The molecule has 1 rings (SSSR count). The quantitative estimate of drug-likeness (QED) is 0.572. The predicted octanol–water partition coefficient (Wildman–Crippen LogP) is 4.44. The lowest BCUT2D eigenvalue weighted by molar-refractivity contribution is 0.154. The summed E-state index contributed by atoms with van der Waals surface area (Å²) in [7, 11) is -2.02. The molecule has 0 spiro atoms. The van der Waals surface area contributed by atoms with Crippen LogP contribution in [0.2, 0.25) is 18.1 Å². The molecule has 1 unspecified atom stereocenters. The van der Waals surface area contributed by atoms with Gasteiger partial charge in [0.15, 0.2) is 8.32 Å². The number of hydrogen-bond acceptors (Lipinski definition) is 2. The molecule has 23 heavy (non-hydrogen) atoms. The Balaban J connectivity index is 2.98. The second-order valence-corrected chi connectivity index (χ2v) is 12.1. The molecule has 0 aliphatic rings. The first-order chi connectivity index (χ1) is 10.6. The molecule has 5 heteroatoms. The second-order valence-electron chi connectivity index (χ2n) is 7.32. The maximum Gasteiger partial charge on any atom is 0.404 e. The van der Waals surface area contributed by atoms with Crippen molar-refractivity contribution in [2.24, 2.45) is 0 Å². The van der Waals surface area contributed by atoms with Gasteiger partial charge in [0.2, 0.25) is 0 Å². The number of carboxylic acid groups (broad SMARTS) is 1. The predicted molar refractivity (Wildman–Crippen MR) is 97.4 cm³/mol. The van der Waals surface area contributed by atoms with Gasteiger partial charge < -0.3 is 14.8 Å². The van der Waals surface area contributed by atoms with E-state index in [-0.39, 0.29) is 17.2 Å². The van der Waals surface area contributed by atoms with E-state index in [4.69, 9.17) is 4.43 Å². The summed E-state index contributed by atoms with van der Waals surface area (Å²) in [5.41, 5.74) is 1.07. The third kappa shape index (κ3) is 5.84. The average Bonchev–Trinajstić information content (AvgIpc) is 2.43. The van der Waals surface area contributed by atoms with E-state index in [1.165, 1.54) is 0 Å². The van der Waals surface area contributed by atoms with E-state index in [9.17, 15) is 9.90 Å². The van der Waals surface area contributed by atoms with Gasteiger partial charge in [0.25, 0.3) is 0 Å². The van der Waals surface area contributed by atoms with Gasteiger partial charge >= 0.3 is 6.09 Å². The molecule has 0 saturated heterocycles. The van der Waals surface area contributed by atoms with Gasteiger partial charge in [0, 0.05) is 0 Å². The first-order valence-electron chi connectivity index (χ1n) is 7.90. The van der Waals surface area contributed by atoms with Crippen molar-refractivity contribution in [1.29, 1.82) is 0 Å². The Morgan fingerprint density at radius 3 is 2.35 bits per heavy atom. The Kier molecular flexibility index (Phi) is 6.59. The Morgan fingerprint density at radius 1 is 1.35 bits per heavy atom. The monoisotopic (exact) mass is 335 g/mol. The zero-order valence-corrected chi connectivity index (χ0v) is 15.8. The fourth-order valence-corrected chi connectivity index (χ4v) is 3.38. The molecule has 1 aromatic carbocycles. The average molecular weight is 336 g/mol. The number of amides is 1. The van der Waals surface area contributed by atoms with Crippen LogP contribution < -0.4 is 5.32 Å². The van der Waals surface area contributed by atoms with Crippen molar-refractivity contribution in [3.63, 3.8) is 0 Å².